The lowest BCUT2D eigenvalue weighted by molar-refractivity contribution is 0.600. The minimum atomic E-state index is -3.79. The maximum absolute atomic E-state index is 12.3. The number of hydrogen-bond acceptors (Lipinski definition) is 5. The first kappa shape index (κ1) is 13.8. The van der Waals surface area contributed by atoms with Gasteiger partial charge in [0.15, 0.2) is 10.7 Å². The molecule has 2 aromatic rings. The Kier molecular flexibility index (Phi) is 3.50. The van der Waals surface area contributed by atoms with Crippen molar-refractivity contribution in [2.75, 3.05) is 10.5 Å². The molecule has 0 aliphatic heterocycles. The van der Waals surface area contributed by atoms with Crippen molar-refractivity contribution < 1.29 is 8.42 Å². The lowest BCUT2D eigenvalue weighted by Crippen LogP contribution is -2.15. The summed E-state index contributed by atoms with van der Waals surface area (Å²) in [6, 6.07) is 1.55. The van der Waals surface area contributed by atoms with Gasteiger partial charge in [-0.05, 0) is 28.9 Å². The van der Waals surface area contributed by atoms with Gasteiger partial charge in [-0.25, -0.2) is 8.42 Å². The molecule has 0 aromatic carbocycles. The number of hydrogen-bond donors (Lipinski definition) is 2. The highest BCUT2D eigenvalue weighted by Crippen LogP contribution is 2.27. The third-order valence-electron chi connectivity index (χ3n) is 2.59. The first-order chi connectivity index (χ1) is 8.83. The van der Waals surface area contributed by atoms with Crippen LogP contribution in [0.4, 0.5) is 11.5 Å². The number of nitrogens with one attached hydrogen (secondary N) is 1. The van der Waals surface area contributed by atoms with Crippen LogP contribution < -0.4 is 10.5 Å². The van der Waals surface area contributed by atoms with Gasteiger partial charge in [0, 0.05) is 19.4 Å². The summed E-state index contributed by atoms with van der Waals surface area (Å²) >= 11 is 3.22. The molecule has 0 unspecified atom stereocenters. The second-order valence-electron chi connectivity index (χ2n) is 3.88. The van der Waals surface area contributed by atoms with Gasteiger partial charge in [0.05, 0.1) is 15.9 Å². The van der Waals surface area contributed by atoms with Crippen molar-refractivity contribution in [2.45, 2.75) is 11.8 Å². The minimum absolute atomic E-state index is 0.0151. The summed E-state index contributed by atoms with van der Waals surface area (Å²) in [4.78, 5) is 3.85. The summed E-state index contributed by atoms with van der Waals surface area (Å²) in [5, 5.41) is 3.89. The number of anilines is 2. The van der Waals surface area contributed by atoms with E-state index in [2.05, 4.69) is 30.7 Å². The van der Waals surface area contributed by atoms with Crippen LogP contribution in [0.3, 0.4) is 0 Å². The molecule has 2 heterocycles. The average Bonchev–Trinajstić information content (AvgIpc) is 2.56. The summed E-state index contributed by atoms with van der Waals surface area (Å²) in [6.45, 7) is 1.64. The molecule has 102 valence electrons. The molecule has 0 saturated carbocycles. The third-order valence-corrected chi connectivity index (χ3v) is 4.75. The Bertz CT molecular complexity index is 726. The standard InChI is InChI=1S/C10H12BrN5O2S/c1-6-9(10(12)14-16(6)2)19(17,18)15-8-3-4-13-5-7(8)11/h3-5H,1-2H3,(H2,12,14)(H,13,15). The Morgan fingerprint density at radius 2 is 2.16 bits per heavy atom. The normalized spacial score (nSPS) is 11.5. The van der Waals surface area contributed by atoms with Crippen molar-refractivity contribution in [3.8, 4) is 0 Å². The number of sulfonamides is 1. The molecule has 9 heteroatoms. The Morgan fingerprint density at radius 3 is 2.68 bits per heavy atom. The summed E-state index contributed by atoms with van der Waals surface area (Å²) in [6.07, 6.45) is 2.99. The third kappa shape index (κ3) is 2.56. The van der Waals surface area contributed by atoms with Crippen LogP contribution in [0, 0.1) is 6.92 Å². The topological polar surface area (TPSA) is 103 Å². The predicted octanol–water partition coefficient (Wildman–Crippen LogP) is 1.27. The fraction of sp³-hybridized carbons (Fsp3) is 0.200. The molecular weight excluding hydrogens is 334 g/mol. The number of nitrogens with zero attached hydrogens (tertiary/aromatic N) is 3. The predicted molar refractivity (Wildman–Crippen MR) is 75.1 cm³/mol. The number of pyridine rings is 1. The van der Waals surface area contributed by atoms with E-state index in [0.29, 0.717) is 15.9 Å². The van der Waals surface area contributed by atoms with E-state index in [4.69, 9.17) is 5.73 Å². The first-order valence-electron chi connectivity index (χ1n) is 5.24. The molecule has 0 bridgehead atoms. The van der Waals surface area contributed by atoms with Gasteiger partial charge in [0.25, 0.3) is 10.0 Å². The lowest BCUT2D eigenvalue weighted by Gasteiger charge is -2.09. The minimum Gasteiger partial charge on any atom is -0.381 e. The van der Waals surface area contributed by atoms with Crippen molar-refractivity contribution in [2.24, 2.45) is 7.05 Å². The molecule has 0 aliphatic carbocycles. The monoisotopic (exact) mass is 345 g/mol. The molecule has 0 fully saturated rings. The van der Waals surface area contributed by atoms with Crippen molar-refractivity contribution in [3.63, 3.8) is 0 Å². The van der Waals surface area contributed by atoms with E-state index in [1.807, 2.05) is 0 Å². The molecule has 0 aliphatic rings. The Balaban J connectivity index is 2.47. The number of nitrogen functional groups attached to an aromatic ring is 1. The number of rotatable bonds is 3. The van der Waals surface area contributed by atoms with Crippen LogP contribution in [0.2, 0.25) is 0 Å². The first-order valence-corrected chi connectivity index (χ1v) is 7.52. The van der Waals surface area contributed by atoms with Crippen LogP contribution in [0.15, 0.2) is 27.8 Å². The molecule has 19 heavy (non-hydrogen) atoms. The van der Waals surface area contributed by atoms with Crippen molar-refractivity contribution in [3.05, 3.63) is 28.6 Å². The maximum Gasteiger partial charge on any atom is 0.267 e. The average molecular weight is 346 g/mol. The van der Waals surface area contributed by atoms with E-state index < -0.39 is 10.0 Å². The summed E-state index contributed by atoms with van der Waals surface area (Å²) in [7, 11) is -2.16. The number of aryl methyl sites for hydroxylation is 1. The van der Waals surface area contributed by atoms with Gasteiger partial charge in [0.1, 0.15) is 0 Å². The SMILES string of the molecule is Cc1c(S(=O)(=O)Nc2ccncc2Br)c(N)nn1C. The van der Waals surface area contributed by atoms with Gasteiger partial charge < -0.3 is 5.73 Å². The Hall–Kier alpha value is -1.61. The van der Waals surface area contributed by atoms with Gasteiger partial charge in [-0.15, -0.1) is 0 Å². The van der Waals surface area contributed by atoms with Crippen LogP contribution in [0.5, 0.6) is 0 Å². The molecular formula is C10H12BrN5O2S. The smallest absolute Gasteiger partial charge is 0.267 e. The van der Waals surface area contributed by atoms with Gasteiger partial charge >= 0.3 is 0 Å². The maximum atomic E-state index is 12.3. The van der Waals surface area contributed by atoms with E-state index in [1.54, 1.807) is 20.0 Å². The number of nitrogens with two attached hydrogens (primary N) is 1. The van der Waals surface area contributed by atoms with Gasteiger partial charge in [-0.3, -0.25) is 14.4 Å². The van der Waals surface area contributed by atoms with Crippen LogP contribution in [0.25, 0.3) is 0 Å². The lowest BCUT2D eigenvalue weighted by atomic mass is 10.4. The second-order valence-corrected chi connectivity index (χ2v) is 6.36. The van der Waals surface area contributed by atoms with E-state index >= 15 is 0 Å². The second kappa shape index (κ2) is 4.82. The zero-order chi connectivity index (χ0) is 14.2. The van der Waals surface area contributed by atoms with E-state index in [1.165, 1.54) is 17.1 Å². The zero-order valence-corrected chi connectivity index (χ0v) is 12.7. The number of halogens is 1. The van der Waals surface area contributed by atoms with Gasteiger partial charge in [0.2, 0.25) is 0 Å². The van der Waals surface area contributed by atoms with E-state index in [-0.39, 0.29) is 10.7 Å². The number of aromatic nitrogens is 3. The van der Waals surface area contributed by atoms with E-state index in [9.17, 15) is 8.42 Å². The molecule has 2 rings (SSSR count). The molecule has 0 spiro atoms. The van der Waals surface area contributed by atoms with Crippen LogP contribution in [-0.4, -0.2) is 23.2 Å². The molecule has 0 amide bonds. The van der Waals surface area contributed by atoms with E-state index in [0.717, 1.165) is 0 Å². The molecule has 0 saturated heterocycles. The highest BCUT2D eigenvalue weighted by molar-refractivity contribution is 9.10. The Morgan fingerprint density at radius 1 is 1.47 bits per heavy atom. The molecule has 0 radical (unpaired) electrons. The highest BCUT2D eigenvalue weighted by Gasteiger charge is 2.25. The summed E-state index contributed by atoms with van der Waals surface area (Å²) < 4.78 is 29.1. The molecule has 2 aromatic heterocycles. The van der Waals surface area contributed by atoms with Crippen molar-refractivity contribution in [1.82, 2.24) is 14.8 Å². The molecule has 3 N–H and O–H groups in total. The summed E-state index contributed by atoms with van der Waals surface area (Å²) in [5.41, 5.74) is 6.50. The molecule has 0 atom stereocenters. The fourth-order valence-corrected chi connectivity index (χ4v) is 3.49. The van der Waals surface area contributed by atoms with Crippen LogP contribution in [0.1, 0.15) is 5.69 Å². The quantitative estimate of drug-likeness (QED) is 0.871. The largest absolute Gasteiger partial charge is 0.381 e. The Labute approximate surface area is 119 Å². The molecule has 7 nitrogen and oxygen atoms in total. The van der Waals surface area contributed by atoms with Crippen LogP contribution in [-0.2, 0) is 17.1 Å². The fourth-order valence-electron chi connectivity index (χ4n) is 1.60. The highest BCUT2D eigenvalue weighted by atomic mass is 79.9. The van der Waals surface area contributed by atoms with Gasteiger partial charge in [-0.2, -0.15) is 5.10 Å². The zero-order valence-electron chi connectivity index (χ0n) is 10.3. The summed E-state index contributed by atoms with van der Waals surface area (Å²) in [5.74, 6) is -0.0299. The van der Waals surface area contributed by atoms with Crippen molar-refractivity contribution in [1.29, 1.82) is 0 Å². The van der Waals surface area contributed by atoms with Crippen LogP contribution >= 0.6 is 15.9 Å². The van der Waals surface area contributed by atoms with Crippen molar-refractivity contribution >= 4 is 37.5 Å². The van der Waals surface area contributed by atoms with Gasteiger partial charge in [-0.1, -0.05) is 0 Å².